The first kappa shape index (κ1) is 13.7. The Labute approximate surface area is 116 Å². The molecule has 1 aromatic heterocycles. The van der Waals surface area contributed by atoms with Crippen molar-refractivity contribution in [2.45, 2.75) is 13.0 Å². The average Bonchev–Trinajstić information content (AvgIpc) is 2.48. The van der Waals surface area contributed by atoms with Gasteiger partial charge in [0, 0.05) is 12.4 Å². The molecule has 1 heterocycles. The molecular formula is C15H14N2O3. The standard InChI is InChI=1S/C15H14N2O3/c1-10(11-6-8-16-9-7-11)17-14(18)12-4-2-3-5-13(12)15(19)20/h2-10H,1H3,(H,17,18)(H,19,20)/t10-/m1/s1. The van der Waals surface area contributed by atoms with Crippen LogP contribution in [0.25, 0.3) is 0 Å². The number of carbonyl (C=O) groups excluding carboxylic acids is 1. The van der Waals surface area contributed by atoms with Crippen molar-refractivity contribution in [3.63, 3.8) is 0 Å². The quantitative estimate of drug-likeness (QED) is 0.893. The fraction of sp³-hybridized carbons (Fsp3) is 0.133. The van der Waals surface area contributed by atoms with Gasteiger partial charge in [-0.15, -0.1) is 0 Å². The smallest absolute Gasteiger partial charge is 0.336 e. The number of nitrogens with zero attached hydrogens (tertiary/aromatic N) is 1. The Hall–Kier alpha value is -2.69. The zero-order valence-electron chi connectivity index (χ0n) is 10.9. The van der Waals surface area contributed by atoms with Gasteiger partial charge in [-0.2, -0.15) is 0 Å². The van der Waals surface area contributed by atoms with Crippen LogP contribution in [0.5, 0.6) is 0 Å². The van der Waals surface area contributed by atoms with E-state index in [2.05, 4.69) is 10.3 Å². The van der Waals surface area contributed by atoms with E-state index in [0.717, 1.165) is 5.56 Å². The second kappa shape index (κ2) is 5.97. The highest BCUT2D eigenvalue weighted by molar-refractivity contribution is 6.04. The van der Waals surface area contributed by atoms with Crippen LogP contribution in [0.1, 0.15) is 39.2 Å². The van der Waals surface area contributed by atoms with Gasteiger partial charge in [-0.25, -0.2) is 4.79 Å². The Morgan fingerprint density at radius 1 is 1.10 bits per heavy atom. The first-order chi connectivity index (χ1) is 9.59. The van der Waals surface area contributed by atoms with Crippen LogP contribution in [-0.4, -0.2) is 22.0 Å². The monoisotopic (exact) mass is 270 g/mol. The van der Waals surface area contributed by atoms with E-state index in [4.69, 9.17) is 5.11 Å². The molecule has 5 nitrogen and oxygen atoms in total. The first-order valence-corrected chi connectivity index (χ1v) is 6.12. The molecular weight excluding hydrogens is 256 g/mol. The maximum Gasteiger partial charge on any atom is 0.336 e. The summed E-state index contributed by atoms with van der Waals surface area (Å²) in [5.74, 6) is -1.53. The topological polar surface area (TPSA) is 79.3 Å². The van der Waals surface area contributed by atoms with Crippen LogP contribution >= 0.6 is 0 Å². The number of rotatable bonds is 4. The number of hydrogen-bond donors (Lipinski definition) is 2. The molecule has 2 N–H and O–H groups in total. The minimum Gasteiger partial charge on any atom is -0.478 e. The molecule has 0 aliphatic carbocycles. The highest BCUT2D eigenvalue weighted by Crippen LogP contribution is 2.14. The Kier molecular flexibility index (Phi) is 4.10. The van der Waals surface area contributed by atoms with E-state index < -0.39 is 11.9 Å². The Morgan fingerprint density at radius 3 is 2.30 bits per heavy atom. The molecule has 5 heteroatoms. The summed E-state index contributed by atoms with van der Waals surface area (Å²) < 4.78 is 0. The number of pyridine rings is 1. The van der Waals surface area contributed by atoms with E-state index in [-0.39, 0.29) is 17.2 Å². The first-order valence-electron chi connectivity index (χ1n) is 6.12. The third-order valence-electron chi connectivity index (χ3n) is 2.96. The average molecular weight is 270 g/mol. The molecule has 0 saturated carbocycles. The molecule has 2 aromatic rings. The molecule has 0 saturated heterocycles. The van der Waals surface area contributed by atoms with Gasteiger partial charge in [0.1, 0.15) is 0 Å². The van der Waals surface area contributed by atoms with Crippen molar-refractivity contribution < 1.29 is 14.7 Å². The summed E-state index contributed by atoms with van der Waals surface area (Å²) >= 11 is 0. The van der Waals surface area contributed by atoms with Crippen molar-refractivity contribution >= 4 is 11.9 Å². The van der Waals surface area contributed by atoms with Crippen molar-refractivity contribution in [1.29, 1.82) is 0 Å². The normalized spacial score (nSPS) is 11.7. The van der Waals surface area contributed by atoms with Gasteiger partial charge in [0.2, 0.25) is 0 Å². The highest BCUT2D eigenvalue weighted by atomic mass is 16.4. The summed E-state index contributed by atoms with van der Waals surface area (Å²) in [6.07, 6.45) is 3.28. The van der Waals surface area contributed by atoms with Crippen molar-refractivity contribution in [1.82, 2.24) is 10.3 Å². The fourth-order valence-corrected chi connectivity index (χ4v) is 1.88. The summed E-state index contributed by atoms with van der Waals surface area (Å²) in [5, 5.41) is 11.9. The summed E-state index contributed by atoms with van der Waals surface area (Å²) in [7, 11) is 0. The van der Waals surface area contributed by atoms with Gasteiger partial charge in [0.25, 0.3) is 5.91 Å². The second-order valence-electron chi connectivity index (χ2n) is 4.33. The predicted molar refractivity (Wildman–Crippen MR) is 73.5 cm³/mol. The summed E-state index contributed by atoms with van der Waals surface area (Å²) in [4.78, 5) is 27.2. The van der Waals surface area contributed by atoms with Gasteiger partial charge < -0.3 is 10.4 Å². The van der Waals surface area contributed by atoms with Gasteiger partial charge >= 0.3 is 5.97 Å². The summed E-state index contributed by atoms with van der Waals surface area (Å²) in [5.41, 5.74) is 1.05. The van der Waals surface area contributed by atoms with E-state index in [0.29, 0.717) is 0 Å². The number of carbonyl (C=O) groups is 2. The van der Waals surface area contributed by atoms with E-state index in [1.54, 1.807) is 36.7 Å². The van der Waals surface area contributed by atoms with E-state index in [1.807, 2.05) is 6.92 Å². The lowest BCUT2D eigenvalue weighted by Crippen LogP contribution is -2.28. The minimum absolute atomic E-state index is 0.00747. The van der Waals surface area contributed by atoms with Crippen LogP contribution in [0.2, 0.25) is 0 Å². The SMILES string of the molecule is C[C@@H](NC(=O)c1ccccc1C(=O)O)c1ccncc1. The van der Waals surface area contributed by atoms with E-state index >= 15 is 0 Å². The van der Waals surface area contributed by atoms with Crippen LogP contribution in [0.4, 0.5) is 0 Å². The zero-order valence-corrected chi connectivity index (χ0v) is 10.9. The Morgan fingerprint density at radius 2 is 1.70 bits per heavy atom. The molecule has 2 rings (SSSR count). The molecule has 102 valence electrons. The Balaban J connectivity index is 2.19. The number of carboxylic acids is 1. The highest BCUT2D eigenvalue weighted by Gasteiger charge is 2.17. The lowest BCUT2D eigenvalue weighted by Gasteiger charge is -2.15. The molecule has 0 radical (unpaired) electrons. The van der Waals surface area contributed by atoms with Crippen LogP contribution < -0.4 is 5.32 Å². The fourth-order valence-electron chi connectivity index (χ4n) is 1.88. The molecule has 1 aromatic carbocycles. The second-order valence-corrected chi connectivity index (χ2v) is 4.33. The summed E-state index contributed by atoms with van der Waals surface area (Å²) in [6.45, 7) is 1.83. The molecule has 1 amide bonds. The van der Waals surface area contributed by atoms with Crippen molar-refractivity contribution in [2.24, 2.45) is 0 Å². The molecule has 0 spiro atoms. The van der Waals surface area contributed by atoms with Gasteiger partial charge in [0.05, 0.1) is 17.2 Å². The number of hydrogen-bond acceptors (Lipinski definition) is 3. The van der Waals surface area contributed by atoms with Gasteiger partial charge in [-0.1, -0.05) is 12.1 Å². The van der Waals surface area contributed by atoms with Crippen molar-refractivity contribution in [3.8, 4) is 0 Å². The largest absolute Gasteiger partial charge is 0.478 e. The number of amides is 1. The lowest BCUT2D eigenvalue weighted by molar-refractivity contribution is 0.0690. The van der Waals surface area contributed by atoms with Crippen LogP contribution in [-0.2, 0) is 0 Å². The Bertz CT molecular complexity index is 626. The molecule has 0 fully saturated rings. The third kappa shape index (κ3) is 3.00. The number of aromatic nitrogens is 1. The molecule has 0 unspecified atom stereocenters. The number of aromatic carboxylic acids is 1. The third-order valence-corrected chi connectivity index (χ3v) is 2.96. The molecule has 0 aliphatic rings. The van der Waals surface area contributed by atoms with Gasteiger partial charge in [0.15, 0.2) is 0 Å². The predicted octanol–water partition coefficient (Wildman–Crippen LogP) is 2.27. The lowest BCUT2D eigenvalue weighted by atomic mass is 10.1. The van der Waals surface area contributed by atoms with Crippen molar-refractivity contribution in [3.05, 3.63) is 65.5 Å². The van der Waals surface area contributed by atoms with Crippen LogP contribution in [0.15, 0.2) is 48.8 Å². The van der Waals surface area contributed by atoms with Crippen LogP contribution in [0, 0.1) is 0 Å². The van der Waals surface area contributed by atoms with Crippen LogP contribution in [0.3, 0.4) is 0 Å². The summed E-state index contributed by atoms with van der Waals surface area (Å²) in [6, 6.07) is 9.51. The van der Waals surface area contributed by atoms with E-state index in [9.17, 15) is 9.59 Å². The maximum absolute atomic E-state index is 12.2. The maximum atomic E-state index is 12.2. The molecule has 1 atom stereocenters. The van der Waals surface area contributed by atoms with Crippen molar-refractivity contribution in [2.75, 3.05) is 0 Å². The number of nitrogens with one attached hydrogen (secondary N) is 1. The van der Waals surface area contributed by atoms with Gasteiger partial charge in [-0.3, -0.25) is 9.78 Å². The number of benzene rings is 1. The molecule has 0 aliphatic heterocycles. The molecule has 20 heavy (non-hydrogen) atoms. The van der Waals surface area contributed by atoms with Gasteiger partial charge in [-0.05, 0) is 36.8 Å². The number of carboxylic acid groups (broad SMARTS) is 1. The zero-order chi connectivity index (χ0) is 14.5. The van der Waals surface area contributed by atoms with E-state index in [1.165, 1.54) is 12.1 Å². The minimum atomic E-state index is -1.12. The molecule has 0 bridgehead atoms.